The van der Waals surface area contributed by atoms with Gasteiger partial charge in [0.25, 0.3) is 0 Å². The van der Waals surface area contributed by atoms with E-state index in [1.54, 1.807) is 6.20 Å². The molecule has 0 saturated heterocycles. The van der Waals surface area contributed by atoms with E-state index in [1.165, 1.54) is 3.57 Å². The number of nitrogens with zero attached hydrogens (tertiary/aromatic N) is 2. The standard InChI is InChI=1S/C12H7BrIN3S/c13-7-5-10-11(15-6-7)17(12(18)16-10)9-3-1-8(14)2-4-9/h1-6H,(H,16,18). The van der Waals surface area contributed by atoms with Crippen molar-refractivity contribution in [1.29, 1.82) is 0 Å². The molecule has 3 nitrogen and oxygen atoms in total. The summed E-state index contributed by atoms with van der Waals surface area (Å²) in [6, 6.07) is 10.1. The van der Waals surface area contributed by atoms with E-state index in [9.17, 15) is 0 Å². The van der Waals surface area contributed by atoms with Crippen molar-refractivity contribution < 1.29 is 0 Å². The molecule has 3 rings (SSSR count). The number of H-pyrrole nitrogens is 1. The number of hydrogen-bond donors (Lipinski definition) is 1. The first-order valence-electron chi connectivity index (χ1n) is 5.17. The highest BCUT2D eigenvalue weighted by Gasteiger charge is 2.07. The molecule has 1 N–H and O–H groups in total. The average Bonchev–Trinajstić information content (AvgIpc) is 2.65. The lowest BCUT2D eigenvalue weighted by atomic mass is 10.3. The van der Waals surface area contributed by atoms with E-state index in [0.717, 1.165) is 21.3 Å². The van der Waals surface area contributed by atoms with Crippen LogP contribution in [-0.2, 0) is 0 Å². The molecule has 0 spiro atoms. The van der Waals surface area contributed by atoms with Crippen molar-refractivity contribution in [2.45, 2.75) is 0 Å². The number of aromatic nitrogens is 3. The van der Waals surface area contributed by atoms with Crippen molar-refractivity contribution in [3.63, 3.8) is 0 Å². The van der Waals surface area contributed by atoms with E-state index in [0.29, 0.717) is 4.77 Å². The van der Waals surface area contributed by atoms with Gasteiger partial charge in [-0.2, -0.15) is 0 Å². The number of nitrogens with one attached hydrogen (secondary N) is 1. The van der Waals surface area contributed by atoms with Crippen molar-refractivity contribution >= 4 is 61.9 Å². The van der Waals surface area contributed by atoms with Crippen LogP contribution in [0.3, 0.4) is 0 Å². The van der Waals surface area contributed by atoms with Crippen molar-refractivity contribution in [2.75, 3.05) is 0 Å². The van der Waals surface area contributed by atoms with E-state index < -0.39 is 0 Å². The predicted molar refractivity (Wildman–Crippen MR) is 86.7 cm³/mol. The molecular weight excluding hydrogens is 425 g/mol. The van der Waals surface area contributed by atoms with Crippen molar-refractivity contribution in [2.24, 2.45) is 0 Å². The summed E-state index contributed by atoms with van der Waals surface area (Å²) < 4.78 is 4.71. The number of benzene rings is 1. The van der Waals surface area contributed by atoms with Crippen molar-refractivity contribution in [1.82, 2.24) is 14.5 Å². The first-order chi connectivity index (χ1) is 8.65. The van der Waals surface area contributed by atoms with Gasteiger partial charge in [0.15, 0.2) is 10.4 Å². The van der Waals surface area contributed by atoms with Crippen LogP contribution in [0.25, 0.3) is 16.9 Å². The van der Waals surface area contributed by atoms with Crippen LogP contribution >= 0.6 is 50.7 Å². The first-order valence-corrected chi connectivity index (χ1v) is 7.45. The molecule has 3 aromatic rings. The molecule has 18 heavy (non-hydrogen) atoms. The van der Waals surface area contributed by atoms with Crippen molar-refractivity contribution in [3.05, 3.63) is 49.3 Å². The quantitative estimate of drug-likeness (QED) is 0.456. The zero-order valence-corrected chi connectivity index (χ0v) is 13.6. The topological polar surface area (TPSA) is 33.6 Å². The van der Waals surface area contributed by atoms with Gasteiger partial charge in [0.2, 0.25) is 0 Å². The minimum Gasteiger partial charge on any atom is -0.329 e. The van der Waals surface area contributed by atoms with Gasteiger partial charge >= 0.3 is 0 Å². The minimum atomic E-state index is 0.650. The van der Waals surface area contributed by atoms with Crippen LogP contribution in [0.5, 0.6) is 0 Å². The Hall–Kier alpha value is -0.730. The van der Waals surface area contributed by atoms with Crippen LogP contribution in [0.2, 0.25) is 0 Å². The Bertz CT molecular complexity index is 776. The normalized spacial score (nSPS) is 11.0. The molecule has 2 heterocycles. The summed E-state index contributed by atoms with van der Waals surface area (Å²) in [5.74, 6) is 0. The molecule has 0 unspecified atom stereocenters. The third-order valence-electron chi connectivity index (χ3n) is 2.57. The summed E-state index contributed by atoms with van der Waals surface area (Å²) in [4.78, 5) is 7.58. The molecule has 2 aromatic heterocycles. The van der Waals surface area contributed by atoms with E-state index >= 15 is 0 Å². The molecule has 0 bridgehead atoms. The molecule has 0 saturated carbocycles. The number of halogens is 2. The Morgan fingerprint density at radius 1 is 1.28 bits per heavy atom. The van der Waals surface area contributed by atoms with Crippen LogP contribution in [0.1, 0.15) is 0 Å². The Morgan fingerprint density at radius 3 is 2.72 bits per heavy atom. The highest BCUT2D eigenvalue weighted by Crippen LogP contribution is 2.21. The molecule has 0 atom stereocenters. The van der Waals surface area contributed by atoms with Gasteiger partial charge in [-0.15, -0.1) is 0 Å². The number of imidazole rings is 1. The van der Waals surface area contributed by atoms with E-state index in [4.69, 9.17) is 12.2 Å². The molecule has 0 radical (unpaired) electrons. The summed E-state index contributed by atoms with van der Waals surface area (Å²) in [6.45, 7) is 0. The summed E-state index contributed by atoms with van der Waals surface area (Å²) in [7, 11) is 0. The molecular formula is C12H7BrIN3S. The highest BCUT2D eigenvalue weighted by atomic mass is 127. The zero-order chi connectivity index (χ0) is 12.7. The van der Waals surface area contributed by atoms with Gasteiger partial charge in [-0.3, -0.25) is 4.57 Å². The molecule has 1 aromatic carbocycles. The van der Waals surface area contributed by atoms with E-state index in [1.807, 2.05) is 22.8 Å². The smallest absolute Gasteiger partial charge is 0.183 e. The largest absolute Gasteiger partial charge is 0.329 e. The van der Waals surface area contributed by atoms with Gasteiger partial charge in [0.1, 0.15) is 0 Å². The Kier molecular flexibility index (Phi) is 3.25. The second kappa shape index (κ2) is 4.75. The lowest BCUT2D eigenvalue weighted by Gasteiger charge is -2.03. The fraction of sp³-hybridized carbons (Fsp3) is 0. The number of rotatable bonds is 1. The molecule has 6 heteroatoms. The van der Waals surface area contributed by atoms with Crippen LogP contribution in [0.4, 0.5) is 0 Å². The summed E-state index contributed by atoms with van der Waals surface area (Å²) in [6.07, 6.45) is 1.77. The molecule has 0 fully saturated rings. The summed E-state index contributed by atoms with van der Waals surface area (Å²) >= 11 is 11.0. The number of fused-ring (bicyclic) bond motifs is 1. The summed E-state index contributed by atoms with van der Waals surface area (Å²) in [5, 5.41) is 0. The van der Waals surface area contributed by atoms with Gasteiger partial charge in [0, 0.05) is 19.9 Å². The van der Waals surface area contributed by atoms with Gasteiger partial charge < -0.3 is 4.98 Å². The number of aromatic amines is 1. The summed E-state index contributed by atoms with van der Waals surface area (Å²) in [5.41, 5.74) is 2.78. The van der Waals surface area contributed by atoms with Gasteiger partial charge in [-0.05, 0) is 81.1 Å². The van der Waals surface area contributed by atoms with Crippen LogP contribution in [0, 0.1) is 8.34 Å². The van der Waals surface area contributed by atoms with E-state index in [-0.39, 0.29) is 0 Å². The van der Waals surface area contributed by atoms with Crippen LogP contribution in [-0.4, -0.2) is 14.5 Å². The third-order valence-corrected chi connectivity index (χ3v) is 4.01. The maximum absolute atomic E-state index is 5.36. The monoisotopic (exact) mass is 431 g/mol. The van der Waals surface area contributed by atoms with Crippen molar-refractivity contribution in [3.8, 4) is 5.69 Å². The van der Waals surface area contributed by atoms with Gasteiger partial charge in [-0.1, -0.05) is 0 Å². The first kappa shape index (κ1) is 12.3. The molecule has 0 amide bonds. The molecule has 0 aliphatic heterocycles. The van der Waals surface area contributed by atoms with Crippen LogP contribution in [0.15, 0.2) is 41.0 Å². The Labute approximate surface area is 131 Å². The molecule has 0 aliphatic rings. The molecule has 90 valence electrons. The zero-order valence-electron chi connectivity index (χ0n) is 9.02. The van der Waals surface area contributed by atoms with Crippen LogP contribution < -0.4 is 0 Å². The maximum atomic E-state index is 5.36. The predicted octanol–water partition coefficient (Wildman–Crippen LogP) is 4.45. The fourth-order valence-corrected chi connectivity index (χ4v) is 2.79. The third kappa shape index (κ3) is 2.12. The highest BCUT2D eigenvalue weighted by molar-refractivity contribution is 14.1. The lowest BCUT2D eigenvalue weighted by molar-refractivity contribution is 1.04. The molecule has 0 aliphatic carbocycles. The Balaban J connectivity index is 2.32. The SMILES string of the molecule is S=c1[nH]c2cc(Br)cnc2n1-c1ccc(I)cc1. The average molecular weight is 432 g/mol. The fourth-order valence-electron chi connectivity index (χ4n) is 1.80. The maximum Gasteiger partial charge on any atom is 0.183 e. The van der Waals surface area contributed by atoms with Gasteiger partial charge in [-0.25, -0.2) is 4.98 Å². The Morgan fingerprint density at radius 2 is 2.00 bits per heavy atom. The van der Waals surface area contributed by atoms with Gasteiger partial charge in [0.05, 0.1) is 5.52 Å². The minimum absolute atomic E-state index is 0.650. The van der Waals surface area contributed by atoms with E-state index in [2.05, 4.69) is 60.6 Å². The second-order valence-corrected chi connectivity index (χ2v) is 6.31. The lowest BCUT2D eigenvalue weighted by Crippen LogP contribution is -1.95. The number of hydrogen-bond acceptors (Lipinski definition) is 2. The number of pyridine rings is 1. The second-order valence-electron chi connectivity index (χ2n) is 3.77.